The molecule has 25 heavy (non-hydrogen) atoms. The van der Waals surface area contributed by atoms with Crippen molar-refractivity contribution in [2.24, 2.45) is 0 Å². The van der Waals surface area contributed by atoms with Gasteiger partial charge in [0.2, 0.25) is 0 Å². The van der Waals surface area contributed by atoms with Crippen LogP contribution >= 0.6 is 0 Å². The number of rotatable bonds is 2. The van der Waals surface area contributed by atoms with Gasteiger partial charge < -0.3 is 9.64 Å². The van der Waals surface area contributed by atoms with Crippen molar-refractivity contribution in [3.05, 3.63) is 35.7 Å². The molecule has 3 rings (SSSR count). The molecule has 1 aliphatic heterocycles. The van der Waals surface area contributed by atoms with Gasteiger partial charge in [0.05, 0.1) is 5.69 Å². The second-order valence-corrected chi connectivity index (χ2v) is 8.16. The molecule has 0 bridgehead atoms. The van der Waals surface area contributed by atoms with Crippen molar-refractivity contribution in [1.82, 2.24) is 9.88 Å². The number of likely N-dealkylation sites (tertiary alicyclic amines) is 1. The molecule has 1 aromatic rings. The lowest BCUT2D eigenvalue weighted by atomic mass is 9.92. The van der Waals surface area contributed by atoms with Crippen LogP contribution in [-0.2, 0) is 4.74 Å². The number of nitrogens with zero attached hydrogens (tertiary/aromatic N) is 2. The Morgan fingerprint density at radius 1 is 1.20 bits per heavy atom. The SMILES string of the molecule is CC(C)(C)OC(=O)N1CCC(c2cccc(C3=CCCCC3)n2)CC1. The van der Waals surface area contributed by atoms with E-state index in [0.717, 1.165) is 38.0 Å². The number of hydrogen-bond donors (Lipinski definition) is 0. The van der Waals surface area contributed by atoms with Crippen molar-refractivity contribution >= 4 is 11.7 Å². The number of ether oxygens (including phenoxy) is 1. The summed E-state index contributed by atoms with van der Waals surface area (Å²) in [5, 5.41) is 0. The van der Waals surface area contributed by atoms with E-state index in [1.54, 1.807) is 0 Å². The Kier molecular flexibility index (Phi) is 5.45. The average molecular weight is 342 g/mol. The van der Waals surface area contributed by atoms with E-state index in [0.29, 0.717) is 5.92 Å². The number of carbonyl (C=O) groups is 1. The molecule has 4 nitrogen and oxygen atoms in total. The van der Waals surface area contributed by atoms with E-state index in [1.165, 1.54) is 30.5 Å². The summed E-state index contributed by atoms with van der Waals surface area (Å²) in [6.45, 7) is 7.22. The summed E-state index contributed by atoms with van der Waals surface area (Å²) in [5.74, 6) is 0.433. The van der Waals surface area contributed by atoms with E-state index in [1.807, 2.05) is 25.7 Å². The highest BCUT2D eigenvalue weighted by Crippen LogP contribution is 2.30. The van der Waals surface area contributed by atoms with Crippen LogP contribution in [0.3, 0.4) is 0 Å². The second kappa shape index (κ2) is 7.59. The molecule has 0 aromatic carbocycles. The van der Waals surface area contributed by atoms with Crippen LogP contribution in [0.15, 0.2) is 24.3 Å². The highest BCUT2D eigenvalue weighted by atomic mass is 16.6. The average Bonchev–Trinajstić information content (AvgIpc) is 2.61. The van der Waals surface area contributed by atoms with Gasteiger partial charge in [0.25, 0.3) is 0 Å². The number of amides is 1. The molecule has 1 saturated heterocycles. The van der Waals surface area contributed by atoms with Crippen molar-refractivity contribution in [1.29, 1.82) is 0 Å². The van der Waals surface area contributed by atoms with Gasteiger partial charge in [0.1, 0.15) is 5.60 Å². The quantitative estimate of drug-likeness (QED) is 0.746. The zero-order valence-electron chi connectivity index (χ0n) is 15.8. The number of aromatic nitrogens is 1. The molecule has 0 saturated carbocycles. The van der Waals surface area contributed by atoms with Gasteiger partial charge in [-0.05, 0) is 77.0 Å². The zero-order chi connectivity index (χ0) is 17.9. The fourth-order valence-corrected chi connectivity index (χ4v) is 3.61. The van der Waals surface area contributed by atoms with Gasteiger partial charge in [-0.15, -0.1) is 0 Å². The first kappa shape index (κ1) is 18.0. The molecule has 0 spiro atoms. The summed E-state index contributed by atoms with van der Waals surface area (Å²) < 4.78 is 5.48. The maximum Gasteiger partial charge on any atom is 0.410 e. The summed E-state index contributed by atoms with van der Waals surface area (Å²) in [6, 6.07) is 6.41. The summed E-state index contributed by atoms with van der Waals surface area (Å²) in [4.78, 5) is 19.0. The van der Waals surface area contributed by atoms with Gasteiger partial charge >= 0.3 is 6.09 Å². The van der Waals surface area contributed by atoms with Crippen LogP contribution in [0.25, 0.3) is 5.57 Å². The van der Waals surface area contributed by atoms with Crippen LogP contribution in [0.1, 0.15) is 76.6 Å². The highest BCUT2D eigenvalue weighted by Gasteiger charge is 2.28. The lowest BCUT2D eigenvalue weighted by molar-refractivity contribution is 0.0204. The number of pyridine rings is 1. The Hall–Kier alpha value is -1.84. The van der Waals surface area contributed by atoms with Crippen molar-refractivity contribution in [3.8, 4) is 0 Å². The number of carbonyl (C=O) groups excluding carboxylic acids is 1. The maximum atomic E-state index is 12.2. The number of piperidine rings is 1. The van der Waals surface area contributed by atoms with Gasteiger partial charge in [0, 0.05) is 24.7 Å². The third-order valence-corrected chi connectivity index (χ3v) is 4.96. The topological polar surface area (TPSA) is 42.4 Å². The first-order valence-electron chi connectivity index (χ1n) is 9.57. The monoisotopic (exact) mass is 342 g/mol. The smallest absolute Gasteiger partial charge is 0.410 e. The summed E-state index contributed by atoms with van der Waals surface area (Å²) in [7, 11) is 0. The van der Waals surface area contributed by atoms with Crippen molar-refractivity contribution in [2.45, 2.75) is 70.8 Å². The van der Waals surface area contributed by atoms with Crippen LogP contribution in [0.2, 0.25) is 0 Å². The third-order valence-electron chi connectivity index (χ3n) is 4.96. The molecule has 1 aliphatic carbocycles. The summed E-state index contributed by atoms with van der Waals surface area (Å²) in [5.41, 5.74) is 3.29. The fraction of sp³-hybridized carbons (Fsp3) is 0.619. The first-order valence-corrected chi connectivity index (χ1v) is 9.57. The van der Waals surface area contributed by atoms with Crippen LogP contribution in [0, 0.1) is 0 Å². The largest absolute Gasteiger partial charge is 0.444 e. The molecule has 4 heteroatoms. The van der Waals surface area contributed by atoms with Crippen LogP contribution in [0.5, 0.6) is 0 Å². The molecule has 0 N–H and O–H groups in total. The van der Waals surface area contributed by atoms with Crippen LogP contribution < -0.4 is 0 Å². The molecule has 2 heterocycles. The molecular formula is C21H30N2O2. The number of allylic oxidation sites excluding steroid dienone is 2. The van der Waals surface area contributed by atoms with E-state index < -0.39 is 5.60 Å². The predicted octanol–water partition coefficient (Wildman–Crippen LogP) is 5.15. The van der Waals surface area contributed by atoms with E-state index in [-0.39, 0.29) is 6.09 Å². The standard InChI is InChI=1S/C21H30N2O2/c1-21(2,3)25-20(24)23-14-12-17(13-15-23)19-11-7-10-18(22-19)16-8-5-4-6-9-16/h7-8,10-11,17H,4-6,9,12-15H2,1-3H3. The molecule has 1 fully saturated rings. The Labute approximate surface area is 151 Å². The predicted molar refractivity (Wildman–Crippen MR) is 100 cm³/mol. The Balaban J connectivity index is 1.61. The Morgan fingerprint density at radius 2 is 1.96 bits per heavy atom. The molecule has 2 aliphatic rings. The van der Waals surface area contributed by atoms with E-state index in [2.05, 4.69) is 24.3 Å². The first-order chi connectivity index (χ1) is 11.9. The van der Waals surface area contributed by atoms with Crippen molar-refractivity contribution in [2.75, 3.05) is 13.1 Å². The highest BCUT2D eigenvalue weighted by molar-refractivity contribution is 5.68. The minimum Gasteiger partial charge on any atom is -0.444 e. The normalized spacial score (nSPS) is 19.5. The molecule has 0 atom stereocenters. The van der Waals surface area contributed by atoms with E-state index in [4.69, 9.17) is 9.72 Å². The summed E-state index contributed by atoms with van der Waals surface area (Å²) in [6.07, 6.45) is 8.95. The van der Waals surface area contributed by atoms with Crippen molar-refractivity contribution in [3.63, 3.8) is 0 Å². The van der Waals surface area contributed by atoms with Gasteiger partial charge in [-0.25, -0.2) is 4.79 Å². The van der Waals surface area contributed by atoms with Gasteiger partial charge in [0.15, 0.2) is 0 Å². The molecule has 0 unspecified atom stereocenters. The molecular weight excluding hydrogens is 312 g/mol. The number of hydrogen-bond acceptors (Lipinski definition) is 3. The maximum absolute atomic E-state index is 12.2. The zero-order valence-corrected chi connectivity index (χ0v) is 15.8. The lowest BCUT2D eigenvalue weighted by Crippen LogP contribution is -2.41. The molecule has 1 aromatic heterocycles. The van der Waals surface area contributed by atoms with Crippen LogP contribution in [0.4, 0.5) is 4.79 Å². The van der Waals surface area contributed by atoms with Crippen molar-refractivity contribution < 1.29 is 9.53 Å². The lowest BCUT2D eigenvalue weighted by Gasteiger charge is -2.33. The Bertz CT molecular complexity index is 638. The molecule has 0 radical (unpaired) electrons. The van der Waals surface area contributed by atoms with Crippen LogP contribution in [-0.4, -0.2) is 34.7 Å². The minimum atomic E-state index is -0.433. The van der Waals surface area contributed by atoms with Gasteiger partial charge in [-0.2, -0.15) is 0 Å². The Morgan fingerprint density at radius 3 is 2.60 bits per heavy atom. The summed E-state index contributed by atoms with van der Waals surface area (Å²) >= 11 is 0. The molecule has 1 amide bonds. The molecule has 136 valence electrons. The minimum absolute atomic E-state index is 0.194. The van der Waals surface area contributed by atoms with Gasteiger partial charge in [-0.3, -0.25) is 4.98 Å². The second-order valence-electron chi connectivity index (χ2n) is 8.16. The van der Waals surface area contributed by atoms with Gasteiger partial charge in [-0.1, -0.05) is 12.1 Å². The van der Waals surface area contributed by atoms with E-state index in [9.17, 15) is 4.79 Å². The van der Waals surface area contributed by atoms with E-state index >= 15 is 0 Å². The third kappa shape index (κ3) is 4.83. The fourth-order valence-electron chi connectivity index (χ4n) is 3.61.